The Hall–Kier alpha value is -0.636. The van der Waals surface area contributed by atoms with Gasteiger partial charge in [0.05, 0.1) is 22.8 Å². The third-order valence-electron chi connectivity index (χ3n) is 4.90. The summed E-state index contributed by atoms with van der Waals surface area (Å²) in [4.78, 5) is 16.7. The zero-order chi connectivity index (χ0) is 36.4. The predicted octanol–water partition coefficient (Wildman–Crippen LogP) is 12.6. The summed E-state index contributed by atoms with van der Waals surface area (Å²) in [5, 5.41) is 0. The van der Waals surface area contributed by atoms with Crippen molar-refractivity contribution in [2.24, 2.45) is 9.03 Å². The fraction of sp³-hybridized carbons (Fsp3) is 0.432. The molecule has 8 nitrogen and oxygen atoms in total. The molecule has 4 aromatic rings. The molecular weight excluding hydrogens is 1290 g/mol. The van der Waals surface area contributed by atoms with Crippen molar-refractivity contribution in [2.75, 3.05) is 0 Å². The molecule has 0 saturated carbocycles. The second-order valence-electron chi connectivity index (χ2n) is 14.5. The number of hydrogen-bond acceptors (Lipinski definition) is 8. The molecule has 0 unspecified atom stereocenters. The molecule has 0 spiro atoms. The minimum Gasteiger partial charge on any atom is -0.358 e. The van der Waals surface area contributed by atoms with Gasteiger partial charge in [-0.3, -0.25) is 19.9 Å². The summed E-state index contributed by atoms with van der Waals surface area (Å²) < 4.78 is 18.9. The predicted molar refractivity (Wildman–Crippen MR) is 218 cm³/mol. The van der Waals surface area contributed by atoms with E-state index in [1.165, 1.54) is 0 Å². The van der Waals surface area contributed by atoms with Crippen LogP contribution in [0.4, 0.5) is 0 Å². The monoisotopic (exact) mass is 1340 g/mol. The first-order chi connectivity index (χ1) is 22.1. The zero-order valence-corrected chi connectivity index (χ0v) is 44.2. The fourth-order valence-electron chi connectivity index (χ4n) is 3.21. The quantitative estimate of drug-likeness (QED) is 0.147. The SMILES string of the molecule is CC(C)(C)[N]=[U]([I])=[N]C(C)(C)C.CC(C)(C)[N]=[U]([I])=[N]C(C)(C)C.[CH3-].c1ccc(-c2ccccn2)nc1.c1ccc(-c2ccccn2)nc1. The van der Waals surface area contributed by atoms with Crippen LogP contribution in [0.1, 0.15) is 83.1 Å². The number of pyridine rings is 4. The Morgan fingerprint density at radius 2 is 0.571 bits per heavy atom. The first kappa shape index (κ1) is 48.4. The second-order valence-corrected chi connectivity index (χ2v) is 40.7. The average molecular weight is 1340 g/mol. The summed E-state index contributed by atoms with van der Waals surface area (Å²) in [6.45, 7) is 25.8. The summed E-state index contributed by atoms with van der Waals surface area (Å²) >= 11 is 0.923. The van der Waals surface area contributed by atoms with Crippen LogP contribution < -0.4 is 0 Å². The van der Waals surface area contributed by atoms with Crippen molar-refractivity contribution in [3.63, 3.8) is 0 Å². The molecule has 0 radical (unpaired) electrons. The Morgan fingerprint density at radius 3 is 0.694 bits per heavy atom. The molecular formula is C37H55I2N8U2-. The number of hydrogen-bond donors (Lipinski definition) is 0. The summed E-state index contributed by atoms with van der Waals surface area (Å²) in [5.41, 5.74) is 4.11. The van der Waals surface area contributed by atoms with E-state index in [1.807, 2.05) is 72.8 Å². The van der Waals surface area contributed by atoms with E-state index in [0.29, 0.717) is 0 Å². The standard InChI is InChI=1S/2C10H8N2.4C4H9N.CH3.2HI.2U/c2*1-3-7-11-9(5-1)10-6-2-4-8-12-10;4*1-4(2,3)5;;;;;/h2*1-8H;4*1-3H3;1H3;2*1H;;/q;;;;;;-1;;;2*+1/p-2. The molecule has 0 fully saturated rings. The third kappa shape index (κ3) is 27.7. The molecule has 0 bridgehead atoms. The van der Waals surface area contributed by atoms with Crippen LogP contribution >= 0.6 is 33.5 Å². The third-order valence-corrected chi connectivity index (χ3v) is 28.1. The van der Waals surface area contributed by atoms with Gasteiger partial charge in [0.15, 0.2) is 0 Å². The summed E-state index contributed by atoms with van der Waals surface area (Å²) in [7, 11) is 0. The van der Waals surface area contributed by atoms with Gasteiger partial charge in [0, 0.05) is 24.8 Å². The topological polar surface area (TPSA) is 101 Å². The summed E-state index contributed by atoms with van der Waals surface area (Å²) in [6.07, 6.45) is 7.07. The number of aromatic nitrogens is 4. The van der Waals surface area contributed by atoms with Gasteiger partial charge in [-0.25, -0.2) is 0 Å². The van der Waals surface area contributed by atoms with Crippen LogP contribution in [0, 0.1) is 49.6 Å². The van der Waals surface area contributed by atoms with Gasteiger partial charge < -0.3 is 7.43 Å². The van der Waals surface area contributed by atoms with Gasteiger partial charge >= 0.3 is 190 Å². The number of halogens is 2. The average Bonchev–Trinajstić information content (AvgIpc) is 2.96. The molecule has 4 rings (SSSR count). The van der Waals surface area contributed by atoms with Crippen molar-refractivity contribution in [1.29, 1.82) is 0 Å². The first-order valence-corrected chi connectivity index (χ1v) is 46.5. The van der Waals surface area contributed by atoms with E-state index >= 15 is 0 Å². The molecule has 0 aliphatic rings. The van der Waals surface area contributed by atoms with Crippen molar-refractivity contribution in [3.8, 4) is 22.8 Å². The molecule has 0 N–H and O–H groups in total. The van der Waals surface area contributed by atoms with Crippen LogP contribution in [0.5, 0.6) is 0 Å². The zero-order valence-electron chi connectivity index (χ0n) is 31.6. The molecule has 49 heavy (non-hydrogen) atoms. The molecule has 0 aliphatic carbocycles. The van der Waals surface area contributed by atoms with Gasteiger partial charge in [-0.05, 0) is 48.5 Å². The minimum absolute atomic E-state index is 0. The van der Waals surface area contributed by atoms with Crippen molar-refractivity contribution in [3.05, 3.63) is 105 Å². The van der Waals surface area contributed by atoms with Gasteiger partial charge in [0.1, 0.15) is 0 Å². The molecule has 4 aromatic heterocycles. The second kappa shape index (κ2) is 23.8. The molecule has 0 aromatic carbocycles. The molecule has 0 saturated heterocycles. The molecule has 4 heterocycles. The van der Waals surface area contributed by atoms with Gasteiger partial charge in [-0.15, -0.1) is 0 Å². The van der Waals surface area contributed by atoms with Crippen LogP contribution in [0.3, 0.4) is 0 Å². The summed E-state index contributed by atoms with van der Waals surface area (Å²) in [5.74, 6) is 0. The van der Waals surface area contributed by atoms with Crippen LogP contribution in [0.2, 0.25) is 0 Å². The van der Waals surface area contributed by atoms with E-state index in [4.69, 9.17) is 9.03 Å². The normalized spacial score (nSPS) is 12.3. The number of rotatable bonds is 2. The van der Waals surface area contributed by atoms with Crippen molar-refractivity contribution < 1.29 is 42.2 Å². The van der Waals surface area contributed by atoms with Gasteiger partial charge in [0.25, 0.3) is 0 Å². The minimum atomic E-state index is -2.02. The Balaban J connectivity index is 0.000000623. The van der Waals surface area contributed by atoms with Gasteiger partial charge in [-0.1, -0.05) is 24.3 Å². The van der Waals surface area contributed by atoms with E-state index in [1.54, 1.807) is 24.8 Å². The Morgan fingerprint density at radius 1 is 0.388 bits per heavy atom. The maximum absolute atomic E-state index is 4.74. The molecule has 0 aliphatic heterocycles. The maximum atomic E-state index is 4.74. The van der Waals surface area contributed by atoms with Gasteiger partial charge in [-0.2, -0.15) is 0 Å². The van der Waals surface area contributed by atoms with E-state index < -0.39 is 42.2 Å². The Bertz CT molecular complexity index is 1400. The van der Waals surface area contributed by atoms with Crippen LogP contribution in [-0.4, -0.2) is 42.1 Å². The van der Waals surface area contributed by atoms with Crippen molar-refractivity contribution in [2.45, 2.75) is 105 Å². The summed E-state index contributed by atoms with van der Waals surface area (Å²) in [6, 6.07) is 23.2. The molecule has 0 atom stereocenters. The van der Waals surface area contributed by atoms with E-state index in [0.717, 1.165) is 22.8 Å². The molecule has 12 heteroatoms. The fourth-order valence-corrected chi connectivity index (χ4v) is 39.8. The van der Waals surface area contributed by atoms with E-state index in [-0.39, 0.29) is 29.6 Å². The van der Waals surface area contributed by atoms with Crippen LogP contribution in [0.25, 0.3) is 22.8 Å². The molecule has 266 valence electrons. The first-order valence-electron chi connectivity index (χ1n) is 15.7. The van der Waals surface area contributed by atoms with E-state index in [2.05, 4.69) is 137 Å². The smallest absolute Gasteiger partial charge is 0.0886 e. The van der Waals surface area contributed by atoms with Crippen LogP contribution in [0.15, 0.2) is 107 Å². The van der Waals surface area contributed by atoms with Crippen molar-refractivity contribution >= 4 is 33.5 Å². The largest absolute Gasteiger partial charge is 0.358 e. The Labute approximate surface area is 333 Å². The van der Waals surface area contributed by atoms with Gasteiger partial charge in [0.2, 0.25) is 0 Å². The number of nitrogens with zero attached hydrogens (tertiary/aromatic N) is 8. The Kier molecular flexibility index (Phi) is 23.5. The van der Waals surface area contributed by atoms with Crippen molar-refractivity contribution in [1.82, 2.24) is 19.9 Å². The van der Waals surface area contributed by atoms with Crippen LogP contribution in [-0.2, 0) is 0 Å². The van der Waals surface area contributed by atoms with E-state index in [9.17, 15) is 0 Å². The maximum Gasteiger partial charge on any atom is 0.0886 e. The molecule has 0 amide bonds.